The molecule has 1 heterocycles. The van der Waals surface area contributed by atoms with Crippen LogP contribution in [0.5, 0.6) is 5.75 Å². The molecule has 5 rings (SSSR count). The molecule has 0 aliphatic carbocycles. The van der Waals surface area contributed by atoms with Gasteiger partial charge in [-0.25, -0.2) is 4.79 Å². The fraction of sp³-hybridized carbons (Fsp3) is 0.297. The average Bonchev–Trinajstić information content (AvgIpc) is 3.07. The predicted octanol–water partition coefficient (Wildman–Crippen LogP) is 7.37. The van der Waals surface area contributed by atoms with Crippen LogP contribution >= 0.6 is 0 Å². The van der Waals surface area contributed by atoms with Gasteiger partial charge in [-0.2, -0.15) is 13.2 Å². The van der Waals surface area contributed by atoms with E-state index in [0.717, 1.165) is 41.0 Å². The monoisotopic (exact) mass is 660 g/mol. The smallest absolute Gasteiger partial charge is 0.416 e. The Labute approximate surface area is 278 Å². The number of likely N-dealkylation sites (N-methyl/N-ethyl adjacent to an activating group) is 1. The Hall–Kier alpha value is -4.87. The maximum Gasteiger partial charge on any atom is 0.416 e. The first kappa shape index (κ1) is 34.5. The van der Waals surface area contributed by atoms with E-state index >= 15 is 0 Å². The Morgan fingerprint density at radius 3 is 2.27 bits per heavy atom. The number of rotatable bonds is 9. The molecule has 0 aromatic heterocycles. The number of anilines is 2. The SMILES string of the molecule is C[C@H]1CN([C@@H](C)CO)C(=O)c2cccc(NC(=O)Nc3ccc(C(F)(F)F)cc3)c2O[C@H]1CN(C)Cc1ccc(-c2ccccc2)cc1. The highest BCUT2D eigenvalue weighted by molar-refractivity contribution is 6.04. The molecule has 0 spiro atoms. The number of carbonyl (C=O) groups is 2. The Morgan fingerprint density at radius 2 is 1.62 bits per heavy atom. The van der Waals surface area contributed by atoms with Crippen molar-refractivity contribution in [2.24, 2.45) is 5.92 Å². The summed E-state index contributed by atoms with van der Waals surface area (Å²) in [5.41, 5.74) is 3.15. The number of carbonyl (C=O) groups excluding carboxylic acids is 2. The molecule has 8 nitrogen and oxygen atoms in total. The maximum absolute atomic E-state index is 13.8. The van der Waals surface area contributed by atoms with Gasteiger partial charge in [0.05, 0.1) is 29.5 Å². The molecule has 1 aliphatic heterocycles. The maximum atomic E-state index is 13.8. The van der Waals surface area contributed by atoms with Crippen LogP contribution in [-0.4, -0.2) is 65.7 Å². The third-order valence-electron chi connectivity index (χ3n) is 8.41. The number of fused-ring (bicyclic) bond motifs is 1. The zero-order chi connectivity index (χ0) is 34.4. The second-order valence-corrected chi connectivity index (χ2v) is 12.2. The van der Waals surface area contributed by atoms with E-state index in [1.807, 2.05) is 32.2 Å². The normalized spacial score (nSPS) is 17.2. The zero-order valence-corrected chi connectivity index (χ0v) is 27.0. The van der Waals surface area contributed by atoms with E-state index in [2.05, 4.69) is 51.9 Å². The van der Waals surface area contributed by atoms with Crippen molar-refractivity contribution < 1.29 is 32.6 Å². The van der Waals surface area contributed by atoms with Gasteiger partial charge in [0.1, 0.15) is 6.10 Å². The fourth-order valence-corrected chi connectivity index (χ4v) is 5.70. The molecule has 0 radical (unpaired) electrons. The first-order valence-corrected chi connectivity index (χ1v) is 15.7. The Kier molecular flexibility index (Phi) is 10.7. The van der Waals surface area contributed by atoms with Gasteiger partial charge in [0.25, 0.3) is 5.91 Å². The van der Waals surface area contributed by atoms with Crippen molar-refractivity contribution >= 4 is 23.3 Å². The van der Waals surface area contributed by atoms with Crippen LogP contribution in [0.4, 0.5) is 29.3 Å². The second-order valence-electron chi connectivity index (χ2n) is 12.2. The molecule has 48 heavy (non-hydrogen) atoms. The molecule has 0 fully saturated rings. The number of aliphatic hydroxyl groups excluding tert-OH is 1. The van der Waals surface area contributed by atoms with Crippen molar-refractivity contribution in [2.75, 3.05) is 37.4 Å². The molecule has 3 N–H and O–H groups in total. The number of ether oxygens (including phenoxy) is 1. The Morgan fingerprint density at radius 1 is 0.958 bits per heavy atom. The van der Waals surface area contributed by atoms with Crippen LogP contribution < -0.4 is 15.4 Å². The van der Waals surface area contributed by atoms with E-state index in [-0.39, 0.29) is 41.1 Å². The number of hydrogen-bond acceptors (Lipinski definition) is 5. The van der Waals surface area contributed by atoms with Gasteiger partial charge in [-0.15, -0.1) is 0 Å². The molecule has 3 amide bonds. The highest BCUT2D eigenvalue weighted by Crippen LogP contribution is 2.35. The number of nitrogens with zero attached hydrogens (tertiary/aromatic N) is 2. The third-order valence-corrected chi connectivity index (χ3v) is 8.41. The number of para-hydroxylation sites is 1. The van der Waals surface area contributed by atoms with Crippen molar-refractivity contribution in [3.05, 3.63) is 114 Å². The summed E-state index contributed by atoms with van der Waals surface area (Å²) >= 11 is 0. The van der Waals surface area contributed by atoms with Gasteiger partial charge < -0.3 is 25.4 Å². The minimum Gasteiger partial charge on any atom is -0.486 e. The first-order chi connectivity index (χ1) is 22.9. The molecule has 11 heteroatoms. The van der Waals surface area contributed by atoms with Crippen LogP contribution in [0.25, 0.3) is 11.1 Å². The van der Waals surface area contributed by atoms with Crippen LogP contribution in [0.3, 0.4) is 0 Å². The summed E-state index contributed by atoms with van der Waals surface area (Å²) in [7, 11) is 1.99. The molecule has 3 atom stereocenters. The Balaban J connectivity index is 1.36. The zero-order valence-electron chi connectivity index (χ0n) is 27.0. The van der Waals surface area contributed by atoms with E-state index in [0.29, 0.717) is 19.6 Å². The quantitative estimate of drug-likeness (QED) is 0.174. The van der Waals surface area contributed by atoms with Gasteiger partial charge in [0.15, 0.2) is 5.75 Å². The lowest BCUT2D eigenvalue weighted by atomic mass is 9.98. The number of halogens is 3. The van der Waals surface area contributed by atoms with Crippen LogP contribution in [0.2, 0.25) is 0 Å². The van der Waals surface area contributed by atoms with Gasteiger partial charge in [0.2, 0.25) is 0 Å². The van der Waals surface area contributed by atoms with E-state index in [1.165, 1.54) is 0 Å². The number of nitrogens with one attached hydrogen (secondary N) is 2. The number of aliphatic hydroxyl groups is 1. The lowest BCUT2D eigenvalue weighted by Crippen LogP contribution is -2.49. The molecule has 4 aromatic rings. The molecule has 252 valence electrons. The van der Waals surface area contributed by atoms with Crippen molar-refractivity contribution in [1.82, 2.24) is 9.80 Å². The number of urea groups is 1. The molecule has 0 bridgehead atoms. The lowest BCUT2D eigenvalue weighted by Gasteiger charge is -2.38. The molecule has 1 aliphatic rings. The van der Waals surface area contributed by atoms with Crippen molar-refractivity contribution in [2.45, 2.75) is 38.7 Å². The van der Waals surface area contributed by atoms with Crippen molar-refractivity contribution in [3.63, 3.8) is 0 Å². The minimum absolute atomic E-state index is 0.157. The van der Waals surface area contributed by atoms with Crippen molar-refractivity contribution in [3.8, 4) is 16.9 Å². The summed E-state index contributed by atoms with van der Waals surface area (Å²) in [6.07, 6.45) is -4.92. The fourth-order valence-electron chi connectivity index (χ4n) is 5.70. The molecule has 0 unspecified atom stereocenters. The summed E-state index contributed by atoms with van der Waals surface area (Å²) in [6.45, 7) is 4.99. The van der Waals surface area contributed by atoms with Gasteiger partial charge in [-0.3, -0.25) is 9.69 Å². The molecule has 4 aromatic carbocycles. The summed E-state index contributed by atoms with van der Waals surface area (Å²) in [5.74, 6) is -0.332. The number of hydrogen-bond donors (Lipinski definition) is 3. The van der Waals surface area contributed by atoms with Gasteiger partial charge in [0, 0.05) is 31.2 Å². The molecule has 0 saturated carbocycles. The largest absolute Gasteiger partial charge is 0.486 e. The highest BCUT2D eigenvalue weighted by atomic mass is 19.4. The van der Waals surface area contributed by atoms with Gasteiger partial charge in [-0.1, -0.05) is 67.6 Å². The van der Waals surface area contributed by atoms with E-state index < -0.39 is 29.9 Å². The van der Waals surface area contributed by atoms with Crippen LogP contribution in [0, 0.1) is 5.92 Å². The first-order valence-electron chi connectivity index (χ1n) is 15.7. The van der Waals surface area contributed by atoms with Crippen LogP contribution in [0.1, 0.15) is 35.3 Å². The van der Waals surface area contributed by atoms with E-state index in [9.17, 15) is 27.9 Å². The highest BCUT2D eigenvalue weighted by Gasteiger charge is 2.35. The van der Waals surface area contributed by atoms with E-state index in [4.69, 9.17) is 4.74 Å². The Bertz CT molecular complexity index is 1700. The summed E-state index contributed by atoms with van der Waals surface area (Å²) in [5, 5.41) is 15.2. The third kappa shape index (κ3) is 8.34. The molecular weight excluding hydrogens is 621 g/mol. The average molecular weight is 661 g/mol. The molecule has 0 saturated heterocycles. The van der Waals surface area contributed by atoms with Crippen LogP contribution in [0.15, 0.2) is 97.1 Å². The molecular formula is C37H39F3N4O4. The summed E-state index contributed by atoms with van der Waals surface area (Å²) in [6, 6.07) is 26.2. The second kappa shape index (κ2) is 14.9. The lowest BCUT2D eigenvalue weighted by molar-refractivity contribution is -0.137. The topological polar surface area (TPSA) is 94.1 Å². The van der Waals surface area contributed by atoms with E-state index in [1.54, 1.807) is 30.0 Å². The number of alkyl halides is 3. The predicted molar refractivity (Wildman–Crippen MR) is 180 cm³/mol. The summed E-state index contributed by atoms with van der Waals surface area (Å²) < 4.78 is 45.5. The number of benzene rings is 4. The number of amides is 3. The summed E-state index contributed by atoms with van der Waals surface area (Å²) in [4.78, 5) is 30.5. The standard InChI is InChI=1S/C37H39F3N4O4/c1-24-20-44(25(2)23-45)35(46)31-10-7-11-32(42-36(47)41-30-18-16-29(17-19-30)37(38,39)40)34(31)48-33(24)22-43(3)21-26-12-14-28(15-13-26)27-8-5-4-6-9-27/h4-19,24-25,33,45H,20-23H2,1-3H3,(H2,41,42,47)/t24-,25-,33-/m0/s1. The minimum atomic E-state index is -4.50. The van der Waals surface area contributed by atoms with Gasteiger partial charge >= 0.3 is 12.2 Å². The van der Waals surface area contributed by atoms with Crippen molar-refractivity contribution in [1.29, 1.82) is 0 Å². The van der Waals surface area contributed by atoms with Crippen LogP contribution in [-0.2, 0) is 12.7 Å². The van der Waals surface area contributed by atoms with Gasteiger partial charge in [-0.05, 0) is 67.1 Å².